The van der Waals surface area contributed by atoms with E-state index in [2.05, 4.69) is 15.4 Å². The third-order valence-corrected chi connectivity index (χ3v) is 4.71. The van der Waals surface area contributed by atoms with Gasteiger partial charge in [0, 0.05) is 5.70 Å². The van der Waals surface area contributed by atoms with E-state index in [1.165, 1.54) is 6.33 Å². The molecule has 24 heavy (non-hydrogen) atoms. The number of hydrogen-bond donors (Lipinski definition) is 1. The summed E-state index contributed by atoms with van der Waals surface area (Å²) in [4.78, 5) is 17.1. The second-order valence-corrected chi connectivity index (χ2v) is 6.32. The molecule has 0 amide bonds. The van der Waals surface area contributed by atoms with Crippen molar-refractivity contribution < 1.29 is 9.53 Å². The molecule has 1 aromatic carbocycles. The summed E-state index contributed by atoms with van der Waals surface area (Å²) in [5.74, 6) is 0.376. The lowest BCUT2D eigenvalue weighted by Gasteiger charge is -2.28. The van der Waals surface area contributed by atoms with Crippen LogP contribution in [0.2, 0.25) is 0 Å². The molecule has 0 radical (unpaired) electrons. The first-order valence-electron chi connectivity index (χ1n) is 8.37. The van der Waals surface area contributed by atoms with Gasteiger partial charge in [0.2, 0.25) is 5.95 Å². The van der Waals surface area contributed by atoms with E-state index in [1.807, 2.05) is 37.3 Å². The van der Waals surface area contributed by atoms with Crippen molar-refractivity contribution in [2.75, 3.05) is 5.32 Å². The first kappa shape index (κ1) is 14.9. The van der Waals surface area contributed by atoms with Crippen molar-refractivity contribution in [1.82, 2.24) is 14.8 Å². The van der Waals surface area contributed by atoms with Gasteiger partial charge in [-0.1, -0.05) is 30.3 Å². The fourth-order valence-corrected chi connectivity index (χ4v) is 3.52. The summed E-state index contributed by atoms with van der Waals surface area (Å²) >= 11 is 0. The number of rotatable bonds is 3. The molecule has 4 rings (SSSR count). The van der Waals surface area contributed by atoms with Crippen LogP contribution < -0.4 is 5.32 Å². The minimum atomic E-state index is -0.321. The van der Waals surface area contributed by atoms with Crippen LogP contribution in [0, 0.1) is 0 Å². The zero-order valence-electron chi connectivity index (χ0n) is 13.6. The number of benzene rings is 1. The van der Waals surface area contributed by atoms with Gasteiger partial charge < -0.3 is 10.1 Å². The standard InChI is InChI=1S/C18H20N4O2/c1-12-15(17(23)24-14-9-5-6-10-14)16(13-7-3-2-4-8-13)22-18(21-12)19-11-20-22/h2-4,7-8,11,14,16H,5-6,9-10H2,1H3,(H,19,20,21)/t16-/m0/s1. The average Bonchev–Trinajstić information content (AvgIpc) is 3.25. The molecular formula is C18H20N4O2. The summed E-state index contributed by atoms with van der Waals surface area (Å²) in [5, 5.41) is 7.48. The first-order chi connectivity index (χ1) is 11.7. The summed E-state index contributed by atoms with van der Waals surface area (Å²) in [6.45, 7) is 1.89. The van der Waals surface area contributed by atoms with Crippen molar-refractivity contribution >= 4 is 11.9 Å². The van der Waals surface area contributed by atoms with Crippen LogP contribution in [0.4, 0.5) is 5.95 Å². The van der Waals surface area contributed by atoms with Gasteiger partial charge in [0.15, 0.2) is 0 Å². The molecule has 1 saturated carbocycles. The van der Waals surface area contributed by atoms with E-state index in [0.717, 1.165) is 36.9 Å². The molecule has 124 valence electrons. The Balaban J connectivity index is 1.73. The third-order valence-electron chi connectivity index (χ3n) is 4.71. The lowest BCUT2D eigenvalue weighted by Crippen LogP contribution is -2.31. The van der Waals surface area contributed by atoms with E-state index in [-0.39, 0.29) is 18.1 Å². The van der Waals surface area contributed by atoms with Gasteiger partial charge in [0.1, 0.15) is 18.5 Å². The molecule has 0 saturated heterocycles. The molecule has 1 aliphatic carbocycles. The number of esters is 1. The highest BCUT2D eigenvalue weighted by atomic mass is 16.5. The normalized spacial score (nSPS) is 20.6. The number of fused-ring (bicyclic) bond motifs is 1. The van der Waals surface area contributed by atoms with Crippen LogP contribution in [0.1, 0.15) is 44.2 Å². The highest BCUT2D eigenvalue weighted by Crippen LogP contribution is 2.35. The maximum Gasteiger partial charge on any atom is 0.338 e. The number of anilines is 1. The Hall–Kier alpha value is -2.63. The molecule has 2 aromatic rings. The molecule has 6 heteroatoms. The maximum atomic E-state index is 12.9. The van der Waals surface area contributed by atoms with E-state index in [4.69, 9.17) is 4.74 Å². The van der Waals surface area contributed by atoms with Crippen LogP contribution in [0.3, 0.4) is 0 Å². The quantitative estimate of drug-likeness (QED) is 0.879. The molecule has 1 fully saturated rings. The molecule has 0 unspecified atom stereocenters. The summed E-state index contributed by atoms with van der Waals surface area (Å²) in [7, 11) is 0. The lowest BCUT2D eigenvalue weighted by atomic mass is 9.96. The highest BCUT2D eigenvalue weighted by Gasteiger charge is 2.35. The second-order valence-electron chi connectivity index (χ2n) is 6.32. The van der Waals surface area contributed by atoms with Gasteiger partial charge in [0.25, 0.3) is 0 Å². The van der Waals surface area contributed by atoms with Gasteiger partial charge in [-0.15, -0.1) is 0 Å². The number of nitrogens with one attached hydrogen (secondary N) is 1. The van der Waals surface area contributed by atoms with Crippen molar-refractivity contribution in [3.8, 4) is 0 Å². The Morgan fingerprint density at radius 3 is 2.75 bits per heavy atom. The van der Waals surface area contributed by atoms with Crippen LogP contribution in [-0.2, 0) is 9.53 Å². The summed E-state index contributed by atoms with van der Waals surface area (Å²) < 4.78 is 7.51. The fraction of sp³-hybridized carbons (Fsp3) is 0.389. The minimum absolute atomic E-state index is 0.0337. The molecule has 1 N–H and O–H groups in total. The number of carbonyl (C=O) groups is 1. The zero-order chi connectivity index (χ0) is 16.5. The SMILES string of the molecule is CC1=C(C(=O)OC2CCCC2)[C@H](c2ccccc2)n2ncnc2N1. The van der Waals surface area contributed by atoms with Crippen LogP contribution in [-0.4, -0.2) is 26.8 Å². The molecule has 0 bridgehead atoms. The number of hydrogen-bond acceptors (Lipinski definition) is 5. The Bertz CT molecular complexity index is 775. The summed E-state index contributed by atoms with van der Waals surface area (Å²) in [6, 6.07) is 9.56. The van der Waals surface area contributed by atoms with Crippen molar-refractivity contribution in [2.24, 2.45) is 0 Å². The van der Waals surface area contributed by atoms with Crippen LogP contribution in [0.5, 0.6) is 0 Å². The van der Waals surface area contributed by atoms with Gasteiger partial charge in [-0.3, -0.25) is 0 Å². The van der Waals surface area contributed by atoms with E-state index < -0.39 is 0 Å². The van der Waals surface area contributed by atoms with Crippen molar-refractivity contribution in [1.29, 1.82) is 0 Å². The Morgan fingerprint density at radius 1 is 1.25 bits per heavy atom. The van der Waals surface area contributed by atoms with Gasteiger partial charge in [-0.05, 0) is 38.2 Å². The minimum Gasteiger partial charge on any atom is -0.459 e. The monoisotopic (exact) mass is 324 g/mol. The van der Waals surface area contributed by atoms with E-state index in [0.29, 0.717) is 11.5 Å². The second kappa shape index (κ2) is 6.11. The molecule has 2 aliphatic rings. The predicted molar refractivity (Wildman–Crippen MR) is 89.3 cm³/mol. The summed E-state index contributed by atoms with van der Waals surface area (Å²) in [6.07, 6.45) is 5.70. The third kappa shape index (κ3) is 2.58. The molecule has 1 aromatic heterocycles. The van der Waals surface area contributed by atoms with Crippen LogP contribution in [0.15, 0.2) is 47.9 Å². The fourth-order valence-electron chi connectivity index (χ4n) is 3.52. The van der Waals surface area contributed by atoms with Gasteiger partial charge >= 0.3 is 5.97 Å². The Kier molecular flexibility index (Phi) is 3.80. The molecular weight excluding hydrogens is 304 g/mol. The number of carbonyl (C=O) groups excluding carboxylic acids is 1. The Morgan fingerprint density at radius 2 is 2.00 bits per heavy atom. The number of allylic oxidation sites excluding steroid dienone is 1. The average molecular weight is 324 g/mol. The van der Waals surface area contributed by atoms with Crippen molar-refractivity contribution in [2.45, 2.75) is 44.8 Å². The number of nitrogens with zero attached hydrogens (tertiary/aromatic N) is 3. The zero-order valence-corrected chi connectivity index (χ0v) is 13.6. The smallest absolute Gasteiger partial charge is 0.338 e. The van der Waals surface area contributed by atoms with Crippen LogP contribution >= 0.6 is 0 Å². The van der Waals surface area contributed by atoms with E-state index in [1.54, 1.807) is 4.68 Å². The lowest BCUT2D eigenvalue weighted by molar-refractivity contribution is -0.144. The van der Waals surface area contributed by atoms with E-state index in [9.17, 15) is 4.79 Å². The maximum absolute atomic E-state index is 12.9. The van der Waals surface area contributed by atoms with Gasteiger partial charge in [0.05, 0.1) is 5.57 Å². The van der Waals surface area contributed by atoms with Crippen molar-refractivity contribution in [3.63, 3.8) is 0 Å². The first-order valence-corrected chi connectivity index (χ1v) is 8.37. The molecule has 1 aliphatic heterocycles. The summed E-state index contributed by atoms with van der Waals surface area (Å²) in [5.41, 5.74) is 2.36. The molecule has 0 spiro atoms. The number of aromatic nitrogens is 3. The topological polar surface area (TPSA) is 69.0 Å². The molecule has 1 atom stereocenters. The van der Waals surface area contributed by atoms with Crippen molar-refractivity contribution in [3.05, 3.63) is 53.5 Å². The predicted octanol–water partition coefficient (Wildman–Crippen LogP) is 3.05. The largest absolute Gasteiger partial charge is 0.459 e. The molecule has 2 heterocycles. The Labute approximate surface area is 140 Å². The highest BCUT2D eigenvalue weighted by molar-refractivity contribution is 5.92. The van der Waals surface area contributed by atoms with Crippen LogP contribution in [0.25, 0.3) is 0 Å². The van der Waals surface area contributed by atoms with Gasteiger partial charge in [-0.25, -0.2) is 9.48 Å². The van der Waals surface area contributed by atoms with E-state index >= 15 is 0 Å². The number of ether oxygens (including phenoxy) is 1. The van der Waals surface area contributed by atoms with Gasteiger partial charge in [-0.2, -0.15) is 10.1 Å². The molecule has 6 nitrogen and oxygen atoms in total.